The van der Waals surface area contributed by atoms with Crippen LogP contribution >= 0.6 is 15.9 Å². The van der Waals surface area contributed by atoms with Gasteiger partial charge in [0, 0.05) is 6.54 Å². The number of hydrogen-bond acceptors (Lipinski definition) is 4. The molecule has 0 atom stereocenters. The highest BCUT2D eigenvalue weighted by Gasteiger charge is 2.22. The van der Waals surface area contributed by atoms with Crippen molar-refractivity contribution >= 4 is 27.8 Å². The fraction of sp³-hybridized carbons (Fsp3) is 0.200. The first kappa shape index (κ1) is 15.3. The van der Waals surface area contributed by atoms with E-state index in [-0.39, 0.29) is 18.2 Å². The first-order valence-corrected chi connectivity index (χ1v) is 7.05. The van der Waals surface area contributed by atoms with Gasteiger partial charge < -0.3 is 14.1 Å². The number of ether oxygens (including phenoxy) is 1. The van der Waals surface area contributed by atoms with Crippen LogP contribution in [0.2, 0.25) is 0 Å². The molecule has 0 spiro atoms. The maximum atomic E-state index is 12.4. The van der Waals surface area contributed by atoms with Crippen LogP contribution in [-0.4, -0.2) is 30.4 Å². The molecule has 0 saturated carbocycles. The number of carbonyl (C=O) groups excluding carboxylic acids is 2. The van der Waals surface area contributed by atoms with Crippen molar-refractivity contribution in [3.63, 3.8) is 0 Å². The number of rotatable bonds is 5. The van der Waals surface area contributed by atoms with Crippen LogP contribution in [0.5, 0.6) is 0 Å². The van der Waals surface area contributed by atoms with Gasteiger partial charge in [0.1, 0.15) is 6.54 Å². The second kappa shape index (κ2) is 7.08. The molecule has 1 aromatic carbocycles. The van der Waals surface area contributed by atoms with E-state index in [9.17, 15) is 9.59 Å². The van der Waals surface area contributed by atoms with Gasteiger partial charge in [-0.2, -0.15) is 0 Å². The van der Waals surface area contributed by atoms with Crippen molar-refractivity contribution in [2.45, 2.75) is 6.54 Å². The Kier molecular flexibility index (Phi) is 5.16. The predicted molar refractivity (Wildman–Crippen MR) is 79.6 cm³/mol. The number of benzene rings is 1. The Morgan fingerprint density at radius 3 is 2.48 bits per heavy atom. The van der Waals surface area contributed by atoms with Gasteiger partial charge in [-0.05, 0) is 33.6 Å². The molecule has 5 nitrogen and oxygen atoms in total. The maximum absolute atomic E-state index is 12.4. The Morgan fingerprint density at radius 2 is 1.90 bits per heavy atom. The summed E-state index contributed by atoms with van der Waals surface area (Å²) in [6, 6.07) is 12.6. The molecule has 6 heteroatoms. The Morgan fingerprint density at radius 1 is 1.19 bits per heavy atom. The third-order valence-electron chi connectivity index (χ3n) is 2.84. The highest BCUT2D eigenvalue weighted by atomic mass is 79.9. The van der Waals surface area contributed by atoms with Crippen LogP contribution in [0, 0.1) is 0 Å². The lowest BCUT2D eigenvalue weighted by molar-refractivity contribution is -0.141. The van der Waals surface area contributed by atoms with Crippen LogP contribution in [-0.2, 0) is 16.1 Å². The Bertz CT molecular complexity index is 624. The van der Waals surface area contributed by atoms with E-state index >= 15 is 0 Å². The van der Waals surface area contributed by atoms with Crippen molar-refractivity contribution in [1.29, 1.82) is 0 Å². The molecule has 0 aliphatic rings. The normalized spacial score (nSPS) is 10.2. The fourth-order valence-electron chi connectivity index (χ4n) is 1.81. The Labute approximate surface area is 130 Å². The number of amides is 1. The van der Waals surface area contributed by atoms with Gasteiger partial charge in [-0.3, -0.25) is 9.59 Å². The highest BCUT2D eigenvalue weighted by molar-refractivity contribution is 9.10. The van der Waals surface area contributed by atoms with Crippen molar-refractivity contribution in [2.75, 3.05) is 13.7 Å². The zero-order chi connectivity index (χ0) is 15.2. The molecular formula is C15H14BrNO4. The maximum Gasteiger partial charge on any atom is 0.325 e. The van der Waals surface area contributed by atoms with Crippen LogP contribution in [0.1, 0.15) is 16.1 Å². The summed E-state index contributed by atoms with van der Waals surface area (Å²) in [5.74, 6) is -0.679. The number of esters is 1. The summed E-state index contributed by atoms with van der Waals surface area (Å²) < 4.78 is 10.4. The summed E-state index contributed by atoms with van der Waals surface area (Å²) in [6.45, 7) is 0.162. The van der Waals surface area contributed by atoms with E-state index in [1.54, 1.807) is 12.1 Å². The van der Waals surface area contributed by atoms with Crippen molar-refractivity contribution in [2.24, 2.45) is 0 Å². The number of nitrogens with zero attached hydrogens (tertiary/aromatic N) is 1. The molecule has 110 valence electrons. The smallest absolute Gasteiger partial charge is 0.325 e. The summed E-state index contributed by atoms with van der Waals surface area (Å²) in [5.41, 5.74) is 0.917. The van der Waals surface area contributed by atoms with Gasteiger partial charge in [0.2, 0.25) is 0 Å². The van der Waals surface area contributed by atoms with Crippen LogP contribution in [0.3, 0.4) is 0 Å². The van der Waals surface area contributed by atoms with E-state index in [0.29, 0.717) is 11.2 Å². The molecule has 21 heavy (non-hydrogen) atoms. The lowest BCUT2D eigenvalue weighted by Gasteiger charge is -2.20. The topological polar surface area (TPSA) is 59.8 Å². The number of halogens is 1. The molecule has 1 heterocycles. The van der Waals surface area contributed by atoms with E-state index in [1.807, 2.05) is 30.3 Å². The standard InChI is InChI=1S/C15H14BrNO4/c1-20-14(18)10-17(9-11-5-3-2-4-6-11)15(19)12-7-8-13(16)21-12/h2-8H,9-10H2,1H3. The summed E-state index contributed by atoms with van der Waals surface area (Å²) in [5, 5.41) is 0. The van der Waals surface area contributed by atoms with Crippen LogP contribution in [0.15, 0.2) is 51.6 Å². The predicted octanol–water partition coefficient (Wildman–Crippen LogP) is 2.86. The molecule has 0 N–H and O–H groups in total. The Hall–Kier alpha value is -2.08. The van der Waals surface area contributed by atoms with Gasteiger partial charge in [0.25, 0.3) is 5.91 Å². The number of methoxy groups -OCH3 is 1. The van der Waals surface area contributed by atoms with Crippen molar-refractivity contribution < 1.29 is 18.7 Å². The van der Waals surface area contributed by atoms with Crippen molar-refractivity contribution in [1.82, 2.24) is 4.90 Å². The van der Waals surface area contributed by atoms with E-state index < -0.39 is 5.97 Å². The third kappa shape index (κ3) is 4.19. The monoisotopic (exact) mass is 351 g/mol. The van der Waals surface area contributed by atoms with Gasteiger partial charge in [-0.25, -0.2) is 0 Å². The third-order valence-corrected chi connectivity index (χ3v) is 3.26. The molecule has 2 aromatic rings. The zero-order valence-corrected chi connectivity index (χ0v) is 13.0. The molecule has 1 amide bonds. The highest BCUT2D eigenvalue weighted by Crippen LogP contribution is 2.17. The van der Waals surface area contributed by atoms with E-state index in [4.69, 9.17) is 4.42 Å². The fourth-order valence-corrected chi connectivity index (χ4v) is 2.12. The molecule has 0 aliphatic carbocycles. The summed E-state index contributed by atoms with van der Waals surface area (Å²) in [6.07, 6.45) is 0. The van der Waals surface area contributed by atoms with Crippen LogP contribution < -0.4 is 0 Å². The van der Waals surface area contributed by atoms with E-state index in [0.717, 1.165) is 5.56 Å². The van der Waals surface area contributed by atoms with Gasteiger partial charge in [0.05, 0.1) is 7.11 Å². The van der Waals surface area contributed by atoms with Crippen LogP contribution in [0.4, 0.5) is 0 Å². The minimum absolute atomic E-state index is 0.136. The zero-order valence-electron chi connectivity index (χ0n) is 11.4. The quantitative estimate of drug-likeness (QED) is 0.777. The van der Waals surface area contributed by atoms with Gasteiger partial charge in [0.15, 0.2) is 10.4 Å². The average Bonchev–Trinajstić information content (AvgIpc) is 2.93. The molecule has 1 aromatic heterocycles. The lowest BCUT2D eigenvalue weighted by atomic mass is 10.2. The largest absolute Gasteiger partial charge is 0.468 e. The summed E-state index contributed by atoms with van der Waals surface area (Å²) >= 11 is 3.15. The molecule has 0 radical (unpaired) electrons. The summed E-state index contributed by atoms with van der Waals surface area (Å²) in [7, 11) is 1.29. The van der Waals surface area contributed by atoms with E-state index in [2.05, 4.69) is 20.7 Å². The minimum atomic E-state index is -0.482. The Balaban J connectivity index is 2.19. The van der Waals surface area contributed by atoms with Gasteiger partial charge >= 0.3 is 5.97 Å². The number of carbonyl (C=O) groups is 2. The van der Waals surface area contributed by atoms with Gasteiger partial charge in [-0.15, -0.1) is 0 Å². The lowest BCUT2D eigenvalue weighted by Crippen LogP contribution is -2.35. The molecular weight excluding hydrogens is 338 g/mol. The first-order valence-electron chi connectivity index (χ1n) is 6.25. The van der Waals surface area contributed by atoms with E-state index in [1.165, 1.54) is 12.0 Å². The minimum Gasteiger partial charge on any atom is -0.468 e. The molecule has 0 bridgehead atoms. The molecule has 0 fully saturated rings. The average molecular weight is 352 g/mol. The SMILES string of the molecule is COC(=O)CN(Cc1ccccc1)C(=O)c1ccc(Br)o1. The van der Waals surface area contributed by atoms with Crippen molar-refractivity contribution in [3.05, 3.63) is 58.5 Å². The molecule has 0 aliphatic heterocycles. The molecule has 0 unspecified atom stereocenters. The second-order valence-electron chi connectivity index (χ2n) is 4.33. The molecule has 0 saturated heterocycles. The molecule has 2 rings (SSSR count). The van der Waals surface area contributed by atoms with Gasteiger partial charge in [-0.1, -0.05) is 30.3 Å². The number of hydrogen-bond donors (Lipinski definition) is 0. The van der Waals surface area contributed by atoms with Crippen molar-refractivity contribution in [3.8, 4) is 0 Å². The van der Waals surface area contributed by atoms with Crippen LogP contribution in [0.25, 0.3) is 0 Å². The second-order valence-corrected chi connectivity index (χ2v) is 5.11. The first-order chi connectivity index (χ1) is 10.1. The summed E-state index contributed by atoms with van der Waals surface area (Å²) in [4.78, 5) is 25.3. The number of furan rings is 1.